The van der Waals surface area contributed by atoms with Crippen LogP contribution in [0.3, 0.4) is 0 Å². The molecule has 20 heavy (non-hydrogen) atoms. The summed E-state index contributed by atoms with van der Waals surface area (Å²) >= 11 is -3.02. The van der Waals surface area contributed by atoms with E-state index in [-0.39, 0.29) is 29.9 Å². The van der Waals surface area contributed by atoms with Crippen molar-refractivity contribution in [3.05, 3.63) is 23.8 Å². The van der Waals surface area contributed by atoms with Crippen molar-refractivity contribution < 1.29 is 24.7 Å². The minimum absolute atomic E-state index is 0. The summed E-state index contributed by atoms with van der Waals surface area (Å²) in [6.07, 6.45) is 0. The van der Waals surface area contributed by atoms with Gasteiger partial charge in [-0.15, -0.1) is 24.8 Å². The monoisotopic (exact) mass is 374 g/mol. The molecule has 0 saturated carbocycles. The molecule has 0 bridgehead atoms. The molecule has 0 aliphatic rings. The second-order valence-corrected chi connectivity index (χ2v) is 13.1. The van der Waals surface area contributed by atoms with Crippen LogP contribution >= 0.6 is 24.8 Å². The molecule has 1 aromatic carbocycles. The Kier molecular flexibility index (Phi) is 9.15. The van der Waals surface area contributed by atoms with Gasteiger partial charge in [-0.1, -0.05) is 0 Å². The molecule has 0 N–H and O–H groups in total. The van der Waals surface area contributed by atoms with Crippen LogP contribution in [-0.4, -0.2) is 12.9 Å². The number of hydrogen-bond donors (Lipinski definition) is 0. The summed E-state index contributed by atoms with van der Waals surface area (Å²) in [5.74, 6) is 0.655. The van der Waals surface area contributed by atoms with Crippen molar-refractivity contribution in [2.24, 2.45) is 0 Å². The molecule has 0 aliphatic carbocycles. The quantitative estimate of drug-likeness (QED) is 0.691. The van der Waals surface area contributed by atoms with Gasteiger partial charge in [0.25, 0.3) is 0 Å². The first-order valence-corrected chi connectivity index (χ1v) is 11.5. The van der Waals surface area contributed by atoms with Gasteiger partial charge in [0.05, 0.1) is 0 Å². The van der Waals surface area contributed by atoms with Crippen molar-refractivity contribution in [2.45, 2.75) is 45.8 Å². The van der Waals surface area contributed by atoms with E-state index in [2.05, 4.69) is 44.7 Å². The van der Waals surface area contributed by atoms with Crippen LogP contribution in [0.5, 0.6) is 5.75 Å². The molecule has 1 rings (SSSR count). The first-order chi connectivity index (χ1) is 8.04. The van der Waals surface area contributed by atoms with Crippen molar-refractivity contribution in [1.82, 2.24) is 0 Å². The standard InChI is InChI=1S/C13H22OSi.CH2.2ClH.FH.Ti/c1-10-7-11(14)9-12(8-10)15(5,6)13(2,3)4;;;;;/h7-9,14H,1-6H3;1H2;3*1H;/q;;;;;+2/p-2. The van der Waals surface area contributed by atoms with E-state index in [1.165, 1.54) is 5.19 Å². The van der Waals surface area contributed by atoms with Crippen molar-refractivity contribution in [3.8, 4) is 5.75 Å². The fourth-order valence-corrected chi connectivity index (χ4v) is 4.27. The van der Waals surface area contributed by atoms with Gasteiger partial charge < -0.3 is 0 Å². The van der Waals surface area contributed by atoms with Crippen LogP contribution in [0.2, 0.25) is 18.1 Å². The molecule has 0 radical (unpaired) electrons. The summed E-state index contributed by atoms with van der Waals surface area (Å²) in [4.78, 5) is 3.39. The third-order valence-electron chi connectivity index (χ3n) is 3.88. The third kappa shape index (κ3) is 5.61. The number of hydrogen-bond acceptors (Lipinski definition) is 1. The van der Waals surface area contributed by atoms with E-state index in [4.69, 9.17) is 3.32 Å². The van der Waals surface area contributed by atoms with Crippen LogP contribution in [0.4, 0.5) is 3.09 Å². The van der Waals surface area contributed by atoms with Gasteiger partial charge in [-0.25, -0.2) is 0 Å². The van der Waals surface area contributed by atoms with Crippen molar-refractivity contribution in [2.75, 3.05) is 0 Å². The Morgan fingerprint density at radius 3 is 2.05 bits per heavy atom. The van der Waals surface area contributed by atoms with E-state index in [1.54, 1.807) is 0 Å². The molecule has 0 aliphatic heterocycles. The molecule has 1 aromatic rings. The Morgan fingerprint density at radius 1 is 1.15 bits per heavy atom. The average Bonchev–Trinajstić information content (AvgIpc) is 2.13. The van der Waals surface area contributed by atoms with Crippen LogP contribution in [0.15, 0.2) is 18.2 Å². The van der Waals surface area contributed by atoms with E-state index >= 15 is 0 Å². The van der Waals surface area contributed by atoms with Crippen molar-refractivity contribution in [3.63, 3.8) is 0 Å². The second-order valence-electron chi connectivity index (χ2n) is 6.37. The van der Waals surface area contributed by atoms with E-state index in [0.29, 0.717) is 5.75 Å². The molecule has 0 unspecified atom stereocenters. The summed E-state index contributed by atoms with van der Waals surface area (Å²) in [5.41, 5.74) is 1.13. The van der Waals surface area contributed by atoms with Crippen molar-refractivity contribution in [1.29, 1.82) is 0 Å². The molecule has 6 heteroatoms. The Labute approximate surface area is 142 Å². The van der Waals surface area contributed by atoms with Gasteiger partial charge in [0.2, 0.25) is 0 Å². The number of benzene rings is 1. The fourth-order valence-electron chi connectivity index (χ4n) is 1.73. The van der Waals surface area contributed by atoms with Gasteiger partial charge >= 0.3 is 118 Å². The van der Waals surface area contributed by atoms with Gasteiger partial charge in [0, 0.05) is 0 Å². The zero-order valence-electron chi connectivity index (χ0n) is 13.0. The third-order valence-corrected chi connectivity index (χ3v) is 10.1. The van der Waals surface area contributed by atoms with Gasteiger partial charge in [0.1, 0.15) is 0 Å². The van der Waals surface area contributed by atoms with E-state index < -0.39 is 26.4 Å². The van der Waals surface area contributed by atoms with E-state index in [0.717, 1.165) is 5.56 Å². The Bertz CT molecular complexity index is 473. The molecule has 0 heterocycles. The van der Waals surface area contributed by atoms with Crippen molar-refractivity contribution >= 4 is 42.9 Å². The molecule has 0 fully saturated rings. The summed E-state index contributed by atoms with van der Waals surface area (Å²) < 4.78 is 18.3. The zero-order chi connectivity index (χ0) is 14.1. The Hall–Kier alpha value is 0.331. The number of halogens is 3. The summed E-state index contributed by atoms with van der Waals surface area (Å²) in [6, 6.07) is 6.13. The topological polar surface area (TPSA) is 9.23 Å². The molecule has 0 spiro atoms. The zero-order valence-corrected chi connectivity index (χ0v) is 17.2. The normalized spacial score (nSPS) is 11.2. The van der Waals surface area contributed by atoms with Crippen LogP contribution < -0.4 is 8.51 Å². The molecule has 0 saturated heterocycles. The molecule has 0 atom stereocenters. The first-order valence-electron chi connectivity index (χ1n) is 6.18. The van der Waals surface area contributed by atoms with Crippen LogP contribution in [0.25, 0.3) is 0 Å². The van der Waals surface area contributed by atoms with Crippen LogP contribution in [0.1, 0.15) is 26.3 Å². The molecule has 0 amide bonds. The van der Waals surface area contributed by atoms with Gasteiger partial charge in [0.15, 0.2) is 0 Å². The maximum atomic E-state index is 13.0. The molecular weight excluding hydrogens is 350 g/mol. The summed E-state index contributed by atoms with van der Waals surface area (Å²) in [7, 11) is -1.60. The summed E-state index contributed by atoms with van der Waals surface area (Å²) in [6.45, 7) is 13.6. The van der Waals surface area contributed by atoms with E-state index in [1.807, 2.05) is 19.1 Å². The maximum absolute atomic E-state index is 13.0. The number of aryl methyl sites for hydroxylation is 1. The summed E-state index contributed by atoms with van der Waals surface area (Å²) in [5, 5.41) is 1.58. The number of rotatable bonds is 3. The predicted molar refractivity (Wildman–Crippen MR) is 91.4 cm³/mol. The molecule has 0 aromatic heterocycles. The fraction of sp³-hybridized carbons (Fsp3) is 0.500. The second kappa shape index (κ2) is 8.09. The Balaban J connectivity index is 0. The Morgan fingerprint density at radius 2 is 1.65 bits per heavy atom. The van der Waals surface area contributed by atoms with Gasteiger partial charge in [-0.3, -0.25) is 0 Å². The molecular formula is C14H25Cl2FOSiTi. The van der Waals surface area contributed by atoms with Gasteiger partial charge in [-0.05, 0) is 0 Å². The minimum atomic E-state index is -3.02. The SMILES string of the molecule is Cl.Cl.[CH2]=[Ti]([F])[O]c1cc(C)cc([Si](C)(C)C(C)(C)C)c1. The molecule has 116 valence electrons. The molecule has 1 nitrogen and oxygen atoms in total. The predicted octanol–water partition coefficient (Wildman–Crippen LogP) is 4.78. The van der Waals surface area contributed by atoms with Gasteiger partial charge in [-0.2, -0.15) is 0 Å². The van der Waals surface area contributed by atoms with Crippen LogP contribution in [0, 0.1) is 6.92 Å². The van der Waals surface area contributed by atoms with Crippen LogP contribution in [-0.2, 0) is 18.3 Å². The van der Waals surface area contributed by atoms with E-state index in [9.17, 15) is 3.09 Å². The first kappa shape index (κ1) is 22.6. The average molecular weight is 375 g/mol.